The molecule has 0 fully saturated rings. The highest BCUT2D eigenvalue weighted by molar-refractivity contribution is 7.80. The van der Waals surface area contributed by atoms with E-state index in [1.807, 2.05) is 34.6 Å². The number of para-hydroxylation sites is 1. The number of carbonyl (C=O) groups is 2. The van der Waals surface area contributed by atoms with Crippen molar-refractivity contribution in [3.05, 3.63) is 59.7 Å². The van der Waals surface area contributed by atoms with Gasteiger partial charge in [-0.05, 0) is 83.2 Å². The summed E-state index contributed by atoms with van der Waals surface area (Å²) >= 11 is 5.25. The highest BCUT2D eigenvalue weighted by Gasteiger charge is 2.18. The molecule has 0 saturated heterocycles. The second-order valence-electron chi connectivity index (χ2n) is 7.85. The monoisotopic (exact) mass is 413 g/mol. The lowest BCUT2D eigenvalue weighted by atomic mass is 10.1. The van der Waals surface area contributed by atoms with Crippen molar-refractivity contribution in [3.63, 3.8) is 0 Å². The fourth-order valence-electron chi connectivity index (χ4n) is 2.48. The van der Waals surface area contributed by atoms with Crippen molar-refractivity contribution >= 4 is 34.8 Å². The first-order valence-electron chi connectivity index (χ1n) is 9.36. The Kier molecular flexibility index (Phi) is 7.34. The molecule has 0 saturated carbocycles. The predicted octanol–water partition coefficient (Wildman–Crippen LogP) is 4.13. The smallest absolute Gasteiger partial charge is 0.257 e. The van der Waals surface area contributed by atoms with Crippen LogP contribution in [0.3, 0.4) is 0 Å². The molecule has 2 rings (SSSR count). The highest BCUT2D eigenvalue weighted by Crippen LogP contribution is 2.17. The standard InChI is InChI=1S/C22H27N3O3S/c1-14(2)28-16-12-10-15(11-13-16)19(26)24-21(29)23-18-9-7-6-8-17(18)20(27)25-22(3,4)5/h6-14H,1-5H3,(H,25,27)(H2,23,24,26,29). The summed E-state index contributed by atoms with van der Waals surface area (Å²) in [5.74, 6) is 0.113. The molecule has 0 bridgehead atoms. The maximum atomic E-state index is 12.5. The van der Waals surface area contributed by atoms with Gasteiger partial charge in [-0.2, -0.15) is 0 Å². The molecule has 0 aliphatic rings. The molecule has 0 unspecified atom stereocenters. The molecular weight excluding hydrogens is 386 g/mol. The van der Waals surface area contributed by atoms with E-state index in [1.54, 1.807) is 48.5 Å². The molecule has 6 nitrogen and oxygen atoms in total. The van der Waals surface area contributed by atoms with Gasteiger partial charge in [0.15, 0.2) is 5.11 Å². The van der Waals surface area contributed by atoms with Crippen LogP contribution >= 0.6 is 12.2 Å². The Balaban J connectivity index is 2.04. The van der Waals surface area contributed by atoms with E-state index in [-0.39, 0.29) is 28.6 Å². The van der Waals surface area contributed by atoms with Gasteiger partial charge >= 0.3 is 0 Å². The molecule has 7 heteroatoms. The first kappa shape index (κ1) is 22.4. The quantitative estimate of drug-likeness (QED) is 0.643. The van der Waals surface area contributed by atoms with Crippen molar-refractivity contribution in [2.75, 3.05) is 5.32 Å². The molecule has 2 amide bonds. The molecule has 0 aromatic heterocycles. The number of rotatable bonds is 5. The first-order valence-corrected chi connectivity index (χ1v) is 9.76. The Morgan fingerprint density at radius 1 is 0.966 bits per heavy atom. The summed E-state index contributed by atoms with van der Waals surface area (Å²) in [5.41, 5.74) is 1.03. The van der Waals surface area contributed by atoms with Crippen LogP contribution in [0.15, 0.2) is 48.5 Å². The average molecular weight is 414 g/mol. The number of nitrogens with one attached hydrogen (secondary N) is 3. The van der Waals surface area contributed by atoms with Gasteiger partial charge in [-0.15, -0.1) is 0 Å². The molecule has 154 valence electrons. The van der Waals surface area contributed by atoms with E-state index in [0.717, 1.165) is 0 Å². The topological polar surface area (TPSA) is 79.5 Å². The van der Waals surface area contributed by atoms with Crippen molar-refractivity contribution in [2.45, 2.75) is 46.3 Å². The van der Waals surface area contributed by atoms with Crippen molar-refractivity contribution in [1.29, 1.82) is 0 Å². The number of carbonyl (C=O) groups excluding carboxylic acids is 2. The Hall–Kier alpha value is -2.93. The number of hydrogen-bond acceptors (Lipinski definition) is 4. The van der Waals surface area contributed by atoms with Gasteiger partial charge < -0.3 is 15.4 Å². The summed E-state index contributed by atoms with van der Waals surface area (Å²) in [6.07, 6.45) is 0.0574. The summed E-state index contributed by atoms with van der Waals surface area (Å²) in [6.45, 7) is 9.59. The molecule has 0 atom stereocenters. The Morgan fingerprint density at radius 2 is 1.59 bits per heavy atom. The Labute approximate surface area is 177 Å². The van der Waals surface area contributed by atoms with Crippen molar-refractivity contribution in [1.82, 2.24) is 10.6 Å². The van der Waals surface area contributed by atoms with Gasteiger partial charge in [0.25, 0.3) is 11.8 Å². The second kappa shape index (κ2) is 9.52. The zero-order chi connectivity index (χ0) is 21.6. The lowest BCUT2D eigenvalue weighted by Crippen LogP contribution is -2.41. The van der Waals surface area contributed by atoms with Crippen molar-refractivity contribution in [3.8, 4) is 5.75 Å². The fourth-order valence-corrected chi connectivity index (χ4v) is 2.69. The van der Waals surface area contributed by atoms with Crippen LogP contribution in [0.25, 0.3) is 0 Å². The minimum atomic E-state index is -0.371. The molecular formula is C22H27N3O3S. The van der Waals surface area contributed by atoms with Gasteiger partial charge in [-0.1, -0.05) is 12.1 Å². The van der Waals surface area contributed by atoms with Crippen LogP contribution in [-0.2, 0) is 0 Å². The molecule has 2 aromatic carbocycles. The van der Waals surface area contributed by atoms with Gasteiger partial charge in [0.1, 0.15) is 5.75 Å². The van der Waals surface area contributed by atoms with Crippen LogP contribution in [0.1, 0.15) is 55.3 Å². The van der Waals surface area contributed by atoms with E-state index in [1.165, 1.54) is 0 Å². The maximum Gasteiger partial charge on any atom is 0.257 e. The fraction of sp³-hybridized carbons (Fsp3) is 0.318. The predicted molar refractivity (Wildman–Crippen MR) is 120 cm³/mol. The van der Waals surface area contributed by atoms with Gasteiger partial charge in [-0.25, -0.2) is 0 Å². The first-order chi connectivity index (χ1) is 13.5. The zero-order valence-electron chi connectivity index (χ0n) is 17.3. The third-order valence-electron chi connectivity index (χ3n) is 3.62. The highest BCUT2D eigenvalue weighted by atomic mass is 32.1. The zero-order valence-corrected chi connectivity index (χ0v) is 18.1. The summed E-state index contributed by atoms with van der Waals surface area (Å²) in [4.78, 5) is 24.9. The van der Waals surface area contributed by atoms with Crippen molar-refractivity contribution in [2.24, 2.45) is 0 Å². The van der Waals surface area contributed by atoms with E-state index >= 15 is 0 Å². The van der Waals surface area contributed by atoms with Crippen LogP contribution in [-0.4, -0.2) is 28.6 Å². The molecule has 0 heterocycles. The Bertz CT molecular complexity index is 887. The van der Waals surface area contributed by atoms with Gasteiger partial charge in [-0.3, -0.25) is 14.9 Å². The number of thiocarbonyl (C=S) groups is 1. The van der Waals surface area contributed by atoms with Crippen LogP contribution in [0.5, 0.6) is 5.75 Å². The lowest BCUT2D eigenvalue weighted by Gasteiger charge is -2.21. The molecule has 0 aliphatic carbocycles. The minimum absolute atomic E-state index is 0.0574. The number of hydrogen-bond donors (Lipinski definition) is 3. The Morgan fingerprint density at radius 3 is 2.17 bits per heavy atom. The van der Waals surface area contributed by atoms with Crippen LogP contribution < -0.4 is 20.7 Å². The van der Waals surface area contributed by atoms with Crippen molar-refractivity contribution < 1.29 is 14.3 Å². The summed E-state index contributed by atoms with van der Waals surface area (Å²) in [6, 6.07) is 13.8. The summed E-state index contributed by atoms with van der Waals surface area (Å²) in [5, 5.41) is 8.58. The van der Waals surface area contributed by atoms with Gasteiger partial charge in [0, 0.05) is 11.1 Å². The maximum absolute atomic E-state index is 12.5. The number of benzene rings is 2. The molecule has 0 aliphatic heterocycles. The van der Waals surface area contributed by atoms with Crippen LogP contribution in [0.2, 0.25) is 0 Å². The molecule has 2 aromatic rings. The average Bonchev–Trinajstić information content (AvgIpc) is 2.60. The van der Waals surface area contributed by atoms with Crippen LogP contribution in [0, 0.1) is 0 Å². The van der Waals surface area contributed by atoms with E-state index in [2.05, 4.69) is 16.0 Å². The number of amides is 2. The molecule has 29 heavy (non-hydrogen) atoms. The van der Waals surface area contributed by atoms with Gasteiger partial charge in [0.2, 0.25) is 0 Å². The summed E-state index contributed by atoms with van der Waals surface area (Å²) < 4.78 is 5.57. The van der Waals surface area contributed by atoms with E-state index < -0.39 is 0 Å². The molecule has 0 radical (unpaired) electrons. The normalized spacial score (nSPS) is 11.0. The van der Waals surface area contributed by atoms with Crippen LogP contribution in [0.4, 0.5) is 5.69 Å². The SMILES string of the molecule is CC(C)Oc1ccc(C(=O)NC(=S)Nc2ccccc2C(=O)NC(C)(C)C)cc1. The second-order valence-corrected chi connectivity index (χ2v) is 8.26. The van der Waals surface area contributed by atoms with E-state index in [4.69, 9.17) is 17.0 Å². The summed E-state index contributed by atoms with van der Waals surface area (Å²) in [7, 11) is 0. The molecule has 3 N–H and O–H groups in total. The molecule has 0 spiro atoms. The number of ether oxygens (including phenoxy) is 1. The van der Waals surface area contributed by atoms with E-state index in [9.17, 15) is 9.59 Å². The lowest BCUT2D eigenvalue weighted by molar-refractivity contribution is 0.0919. The third kappa shape index (κ3) is 7.19. The van der Waals surface area contributed by atoms with E-state index in [0.29, 0.717) is 22.6 Å². The van der Waals surface area contributed by atoms with Gasteiger partial charge in [0.05, 0.1) is 17.4 Å². The largest absolute Gasteiger partial charge is 0.491 e. The third-order valence-corrected chi connectivity index (χ3v) is 3.83. The number of anilines is 1. The minimum Gasteiger partial charge on any atom is -0.491 e.